The van der Waals surface area contributed by atoms with Gasteiger partial charge < -0.3 is 20.3 Å². The number of carbonyl (C=O) groups excluding carboxylic acids is 2. The van der Waals surface area contributed by atoms with Crippen molar-refractivity contribution in [1.29, 1.82) is 0 Å². The molecule has 6 nitrogen and oxygen atoms in total. The molecule has 0 saturated carbocycles. The maximum atomic E-state index is 12.6. The zero-order chi connectivity index (χ0) is 68.4. The van der Waals surface area contributed by atoms with Crippen LogP contribution in [0.5, 0.6) is 0 Å². The molecule has 6 heteroatoms. The SMILES string of the molecule is CCCCCCC/C=C\CCCCCCCC(=O)OCCCCCCCCCCCCCCCCC/C=C\C/C=C\CCCCCCCCCCCCCCCCCCCC(=O)NC(CO)C(O)CCCCCCCCCCCCCCCCCCCCCCCCCCC. The molecule has 562 valence electrons. The van der Waals surface area contributed by atoms with Crippen molar-refractivity contribution < 1.29 is 24.5 Å². The Balaban J connectivity index is 3.36. The Hall–Kier alpha value is -1.92. The van der Waals surface area contributed by atoms with E-state index in [-0.39, 0.29) is 18.5 Å². The van der Waals surface area contributed by atoms with Crippen molar-refractivity contribution >= 4 is 11.9 Å². The molecule has 2 unspecified atom stereocenters. The van der Waals surface area contributed by atoms with Crippen LogP contribution in [-0.2, 0) is 14.3 Å². The molecule has 0 aliphatic heterocycles. The Morgan fingerprint density at radius 1 is 0.295 bits per heavy atom. The molecule has 0 bridgehead atoms. The zero-order valence-electron chi connectivity index (χ0n) is 64.7. The smallest absolute Gasteiger partial charge is 0.305 e. The molecule has 0 heterocycles. The lowest BCUT2D eigenvalue weighted by Crippen LogP contribution is -2.45. The first kappa shape index (κ1) is 93.1. The van der Waals surface area contributed by atoms with Gasteiger partial charge in [-0.05, 0) is 83.5 Å². The molecule has 0 spiro atoms. The minimum absolute atomic E-state index is 0.0126. The summed E-state index contributed by atoms with van der Waals surface area (Å²) in [6.07, 6.45) is 111. The highest BCUT2D eigenvalue weighted by Gasteiger charge is 2.20. The average Bonchev–Trinajstić information content (AvgIpc) is 3.11. The molecule has 0 aliphatic rings. The minimum Gasteiger partial charge on any atom is -0.466 e. The monoisotopic (exact) mass is 1330 g/mol. The quantitative estimate of drug-likeness (QED) is 0.0320. The highest BCUT2D eigenvalue weighted by atomic mass is 16.5. The van der Waals surface area contributed by atoms with Crippen LogP contribution in [0.3, 0.4) is 0 Å². The van der Waals surface area contributed by atoms with Gasteiger partial charge in [0.05, 0.1) is 25.4 Å². The van der Waals surface area contributed by atoms with E-state index in [1.807, 2.05) is 0 Å². The average molecular weight is 1340 g/mol. The number of hydrogen-bond donors (Lipinski definition) is 3. The standard InChI is InChI=1S/C89H171NO5/c1-3-5-7-9-11-13-15-17-19-20-21-22-23-39-42-45-48-51-54-57-61-65-69-73-77-81-87(92)86(85-91)90-88(93)82-78-74-70-66-62-58-55-52-49-46-43-40-37-35-33-31-29-27-25-24-26-28-30-32-34-36-38-41-44-47-50-53-56-60-64-68-72-76-80-84-95-89(94)83-79-75-71-67-63-59-18-16-14-12-10-8-6-4-2/h16,18,24-25,28,30,86-87,91-92H,3-15,17,19-23,26-27,29,31-85H2,1-2H3,(H,90,93)/b18-16-,25-24-,30-28-. The fraction of sp³-hybridized carbons (Fsp3) is 0.910. The maximum Gasteiger partial charge on any atom is 0.305 e. The first-order valence-electron chi connectivity index (χ1n) is 43.7. The molecule has 2 atom stereocenters. The molecule has 0 radical (unpaired) electrons. The number of aliphatic hydroxyl groups excluding tert-OH is 2. The molecule has 0 aromatic rings. The number of amides is 1. The number of allylic oxidation sites excluding steroid dienone is 6. The lowest BCUT2D eigenvalue weighted by atomic mass is 10.0. The van der Waals surface area contributed by atoms with Gasteiger partial charge in [0.1, 0.15) is 0 Å². The number of ether oxygens (including phenoxy) is 1. The summed E-state index contributed by atoms with van der Waals surface area (Å²) in [4.78, 5) is 24.7. The Morgan fingerprint density at radius 3 is 0.811 bits per heavy atom. The summed E-state index contributed by atoms with van der Waals surface area (Å²) in [6.45, 7) is 5.00. The van der Waals surface area contributed by atoms with E-state index in [1.165, 1.54) is 411 Å². The highest BCUT2D eigenvalue weighted by Crippen LogP contribution is 2.21. The zero-order valence-corrected chi connectivity index (χ0v) is 64.7. The van der Waals surface area contributed by atoms with E-state index < -0.39 is 12.1 Å². The van der Waals surface area contributed by atoms with Crippen LogP contribution in [0.25, 0.3) is 0 Å². The van der Waals surface area contributed by atoms with E-state index in [1.54, 1.807) is 0 Å². The number of aliphatic hydroxyl groups is 2. The number of nitrogens with one attached hydrogen (secondary N) is 1. The van der Waals surface area contributed by atoms with Crippen LogP contribution in [0.4, 0.5) is 0 Å². The Morgan fingerprint density at radius 2 is 0.526 bits per heavy atom. The van der Waals surface area contributed by atoms with Crippen molar-refractivity contribution in [3.8, 4) is 0 Å². The van der Waals surface area contributed by atoms with Crippen molar-refractivity contribution in [2.24, 2.45) is 0 Å². The van der Waals surface area contributed by atoms with E-state index in [2.05, 4.69) is 55.6 Å². The third-order valence-corrected chi connectivity index (χ3v) is 20.7. The summed E-state index contributed by atoms with van der Waals surface area (Å²) in [5.41, 5.74) is 0. The van der Waals surface area contributed by atoms with Crippen LogP contribution >= 0.6 is 0 Å². The van der Waals surface area contributed by atoms with E-state index in [9.17, 15) is 19.8 Å². The minimum atomic E-state index is -0.664. The van der Waals surface area contributed by atoms with Crippen molar-refractivity contribution in [3.05, 3.63) is 36.5 Å². The topological polar surface area (TPSA) is 95.9 Å². The van der Waals surface area contributed by atoms with Crippen molar-refractivity contribution in [2.45, 2.75) is 508 Å². The van der Waals surface area contributed by atoms with E-state index >= 15 is 0 Å². The van der Waals surface area contributed by atoms with Crippen LogP contribution in [0.1, 0.15) is 495 Å². The molecule has 0 fully saturated rings. The second-order valence-electron chi connectivity index (χ2n) is 30.2. The normalized spacial score (nSPS) is 12.6. The Bertz CT molecular complexity index is 1540. The van der Waals surface area contributed by atoms with Gasteiger partial charge in [0.2, 0.25) is 5.91 Å². The molecule has 0 saturated heterocycles. The van der Waals surface area contributed by atoms with E-state index in [0.29, 0.717) is 25.9 Å². The predicted molar refractivity (Wildman–Crippen MR) is 421 cm³/mol. The second kappa shape index (κ2) is 84.5. The molecule has 0 aromatic heterocycles. The summed E-state index contributed by atoms with van der Waals surface area (Å²) in [7, 11) is 0. The molecule has 3 N–H and O–H groups in total. The van der Waals surface area contributed by atoms with E-state index in [0.717, 1.165) is 51.4 Å². The predicted octanol–water partition coefficient (Wildman–Crippen LogP) is 29.3. The molecule has 1 amide bonds. The molecule has 0 rings (SSSR count). The third kappa shape index (κ3) is 80.9. The van der Waals surface area contributed by atoms with Crippen LogP contribution < -0.4 is 5.32 Å². The summed E-state index contributed by atoms with van der Waals surface area (Å²) in [5.74, 6) is -0.0131. The molecular weight excluding hydrogens is 1160 g/mol. The van der Waals surface area contributed by atoms with Gasteiger partial charge >= 0.3 is 5.97 Å². The number of hydrogen-bond acceptors (Lipinski definition) is 5. The largest absolute Gasteiger partial charge is 0.466 e. The van der Waals surface area contributed by atoms with Gasteiger partial charge in [0.15, 0.2) is 0 Å². The number of esters is 1. The fourth-order valence-corrected chi connectivity index (χ4v) is 14.0. The van der Waals surface area contributed by atoms with Crippen LogP contribution in [0, 0.1) is 0 Å². The van der Waals surface area contributed by atoms with Gasteiger partial charge in [-0.2, -0.15) is 0 Å². The van der Waals surface area contributed by atoms with E-state index in [4.69, 9.17) is 4.74 Å². The van der Waals surface area contributed by atoms with Crippen molar-refractivity contribution in [2.75, 3.05) is 13.2 Å². The summed E-state index contributed by atoms with van der Waals surface area (Å²) in [6, 6.07) is -0.541. The Kier molecular flexibility index (Phi) is 82.8. The lowest BCUT2D eigenvalue weighted by Gasteiger charge is -2.22. The number of carbonyl (C=O) groups is 2. The van der Waals surface area contributed by atoms with Crippen LogP contribution in [-0.4, -0.2) is 47.4 Å². The van der Waals surface area contributed by atoms with Gasteiger partial charge in [-0.15, -0.1) is 0 Å². The van der Waals surface area contributed by atoms with Gasteiger partial charge in [-0.25, -0.2) is 0 Å². The maximum absolute atomic E-state index is 12.6. The highest BCUT2D eigenvalue weighted by molar-refractivity contribution is 5.76. The lowest BCUT2D eigenvalue weighted by molar-refractivity contribution is -0.143. The van der Waals surface area contributed by atoms with Gasteiger partial charge in [-0.3, -0.25) is 9.59 Å². The Labute approximate surface area is 595 Å². The van der Waals surface area contributed by atoms with Gasteiger partial charge in [-0.1, -0.05) is 436 Å². The summed E-state index contributed by atoms with van der Waals surface area (Å²) in [5, 5.41) is 23.5. The van der Waals surface area contributed by atoms with Gasteiger partial charge in [0, 0.05) is 12.8 Å². The number of unbranched alkanes of at least 4 members (excludes halogenated alkanes) is 66. The first-order chi connectivity index (χ1) is 47.0. The fourth-order valence-electron chi connectivity index (χ4n) is 14.0. The van der Waals surface area contributed by atoms with Crippen LogP contribution in [0.2, 0.25) is 0 Å². The second-order valence-corrected chi connectivity index (χ2v) is 30.2. The molecule has 0 aliphatic carbocycles. The summed E-state index contributed by atoms with van der Waals surface area (Å²) < 4.78 is 5.49. The first-order valence-corrected chi connectivity index (χ1v) is 43.7. The molecule has 95 heavy (non-hydrogen) atoms. The van der Waals surface area contributed by atoms with Gasteiger partial charge in [0.25, 0.3) is 0 Å². The van der Waals surface area contributed by atoms with Crippen molar-refractivity contribution in [3.63, 3.8) is 0 Å². The molecule has 0 aromatic carbocycles. The third-order valence-electron chi connectivity index (χ3n) is 20.7. The van der Waals surface area contributed by atoms with Crippen LogP contribution in [0.15, 0.2) is 36.5 Å². The molecular formula is C89H171NO5. The van der Waals surface area contributed by atoms with Crippen molar-refractivity contribution in [1.82, 2.24) is 5.32 Å². The summed E-state index contributed by atoms with van der Waals surface area (Å²) >= 11 is 0. The number of rotatable bonds is 83.